The normalized spacial score (nSPS) is 19.2. The van der Waals surface area contributed by atoms with Crippen LogP contribution in [0.15, 0.2) is 29.4 Å². The van der Waals surface area contributed by atoms with Gasteiger partial charge in [-0.3, -0.25) is 19.9 Å². The van der Waals surface area contributed by atoms with Gasteiger partial charge in [-0.05, 0) is 19.2 Å². The van der Waals surface area contributed by atoms with Crippen LogP contribution >= 0.6 is 0 Å². The first-order valence-electron chi connectivity index (χ1n) is 7.26. The zero-order valence-corrected chi connectivity index (χ0v) is 12.7. The Balaban J connectivity index is 1.84. The van der Waals surface area contributed by atoms with Gasteiger partial charge in [0.15, 0.2) is 0 Å². The highest BCUT2D eigenvalue weighted by Crippen LogP contribution is 2.20. The van der Waals surface area contributed by atoms with E-state index in [1.54, 1.807) is 30.1 Å². The molecule has 3 rings (SSSR count). The van der Waals surface area contributed by atoms with Gasteiger partial charge in [0.1, 0.15) is 0 Å². The summed E-state index contributed by atoms with van der Waals surface area (Å²) in [5.41, 5.74) is 3.95. The molecular formula is C15H19N5O2. The van der Waals surface area contributed by atoms with E-state index in [-0.39, 0.29) is 17.6 Å². The number of rotatable bonds is 1. The molecule has 116 valence electrons. The number of hydrazone groups is 1. The summed E-state index contributed by atoms with van der Waals surface area (Å²) in [7, 11) is 3.61. The highest BCUT2D eigenvalue weighted by atomic mass is 16.2. The van der Waals surface area contributed by atoms with Gasteiger partial charge in [0.25, 0.3) is 11.8 Å². The van der Waals surface area contributed by atoms with Gasteiger partial charge in [0, 0.05) is 33.2 Å². The molecule has 1 N–H and O–H groups in total. The Morgan fingerprint density at radius 1 is 1.14 bits per heavy atom. The monoisotopic (exact) mass is 301 g/mol. The van der Waals surface area contributed by atoms with Crippen LogP contribution in [0.4, 0.5) is 5.69 Å². The Labute approximate surface area is 129 Å². The Morgan fingerprint density at radius 2 is 1.82 bits per heavy atom. The number of hydrogen-bond donors (Lipinski definition) is 1. The van der Waals surface area contributed by atoms with Crippen LogP contribution in [0.3, 0.4) is 0 Å². The predicted molar refractivity (Wildman–Crippen MR) is 83.7 cm³/mol. The molecule has 0 bridgehead atoms. The van der Waals surface area contributed by atoms with Gasteiger partial charge in [-0.2, -0.15) is 5.10 Å². The van der Waals surface area contributed by atoms with E-state index < -0.39 is 0 Å². The number of nitrogens with zero attached hydrogens (tertiary/aromatic N) is 4. The maximum absolute atomic E-state index is 12.7. The lowest BCUT2D eigenvalue weighted by Gasteiger charge is -2.33. The molecule has 1 aromatic carbocycles. The largest absolute Gasteiger partial charge is 0.333 e. The number of fused-ring (bicyclic) bond motifs is 1. The first kappa shape index (κ1) is 14.5. The summed E-state index contributed by atoms with van der Waals surface area (Å²) in [5, 5.41) is 4.16. The van der Waals surface area contributed by atoms with Crippen molar-refractivity contribution in [1.82, 2.24) is 14.7 Å². The summed E-state index contributed by atoms with van der Waals surface area (Å²) in [4.78, 5) is 30.4. The fraction of sp³-hybridized carbons (Fsp3) is 0.400. The molecule has 7 nitrogen and oxygen atoms in total. The molecule has 7 heteroatoms. The number of likely N-dealkylation sites (N-methyl/N-ethyl adjacent to an activating group) is 2. The number of benzene rings is 1. The van der Waals surface area contributed by atoms with Crippen molar-refractivity contribution in [2.45, 2.75) is 0 Å². The summed E-state index contributed by atoms with van der Waals surface area (Å²) in [5.74, 6) is -0.322. The van der Waals surface area contributed by atoms with Gasteiger partial charge < -0.3 is 9.80 Å². The minimum absolute atomic E-state index is 0.130. The molecule has 0 aliphatic carbocycles. The summed E-state index contributed by atoms with van der Waals surface area (Å²) in [6.45, 7) is 2.93. The zero-order chi connectivity index (χ0) is 15.7. The van der Waals surface area contributed by atoms with Gasteiger partial charge in [0.05, 0.1) is 11.3 Å². The molecule has 1 aromatic rings. The summed E-state index contributed by atoms with van der Waals surface area (Å²) in [6.07, 6.45) is 0. The Bertz CT molecular complexity index is 635. The van der Waals surface area contributed by atoms with Gasteiger partial charge >= 0.3 is 0 Å². The topological polar surface area (TPSA) is 68.2 Å². The molecule has 0 radical (unpaired) electrons. The summed E-state index contributed by atoms with van der Waals surface area (Å²) in [6, 6.07) is 7.11. The SMILES string of the molecule is CN1CCN(C(=O)C2=NNc3ccccc3C(=O)N2C)CC1. The molecule has 0 spiro atoms. The molecule has 1 fully saturated rings. The second-order valence-electron chi connectivity index (χ2n) is 5.55. The molecule has 22 heavy (non-hydrogen) atoms. The van der Waals surface area contributed by atoms with E-state index in [1.807, 2.05) is 13.1 Å². The quantitative estimate of drug-likeness (QED) is 0.808. The minimum atomic E-state index is -0.234. The van der Waals surface area contributed by atoms with Crippen LogP contribution in [0.2, 0.25) is 0 Å². The third-order valence-corrected chi connectivity index (χ3v) is 4.04. The standard InChI is InChI=1S/C15H19N5O2/c1-18-7-9-20(10-8-18)15(22)13-17-16-12-6-4-3-5-11(12)14(21)19(13)2/h3-6,16H,7-10H2,1-2H3. The van der Waals surface area contributed by atoms with Crippen LogP contribution in [-0.4, -0.2) is 72.6 Å². The van der Waals surface area contributed by atoms with Crippen molar-refractivity contribution in [2.24, 2.45) is 5.10 Å². The Hall–Kier alpha value is -2.41. The van der Waals surface area contributed by atoms with Crippen molar-refractivity contribution >= 4 is 23.3 Å². The molecule has 0 atom stereocenters. The van der Waals surface area contributed by atoms with E-state index in [0.717, 1.165) is 13.1 Å². The molecule has 0 unspecified atom stereocenters. The van der Waals surface area contributed by atoms with Crippen molar-refractivity contribution in [3.8, 4) is 0 Å². The van der Waals surface area contributed by atoms with Gasteiger partial charge in [-0.15, -0.1) is 0 Å². The minimum Gasteiger partial charge on any atom is -0.333 e. The molecule has 2 heterocycles. The maximum Gasteiger partial charge on any atom is 0.291 e. The third-order valence-electron chi connectivity index (χ3n) is 4.04. The highest BCUT2D eigenvalue weighted by molar-refractivity contribution is 6.41. The predicted octanol–water partition coefficient (Wildman–Crippen LogP) is 0.272. The molecule has 2 aliphatic heterocycles. The molecule has 0 aromatic heterocycles. The number of piperazine rings is 1. The maximum atomic E-state index is 12.7. The highest BCUT2D eigenvalue weighted by Gasteiger charge is 2.31. The fourth-order valence-electron chi connectivity index (χ4n) is 2.57. The van der Waals surface area contributed by atoms with Crippen molar-refractivity contribution < 1.29 is 9.59 Å². The van der Waals surface area contributed by atoms with Crippen molar-refractivity contribution in [1.29, 1.82) is 0 Å². The van der Waals surface area contributed by atoms with Crippen molar-refractivity contribution in [3.05, 3.63) is 29.8 Å². The van der Waals surface area contributed by atoms with Gasteiger partial charge in [0.2, 0.25) is 5.84 Å². The van der Waals surface area contributed by atoms with E-state index in [4.69, 9.17) is 0 Å². The number of amides is 2. The van der Waals surface area contributed by atoms with E-state index in [0.29, 0.717) is 24.3 Å². The molecule has 2 amide bonds. The smallest absolute Gasteiger partial charge is 0.291 e. The van der Waals surface area contributed by atoms with Crippen LogP contribution in [0.25, 0.3) is 0 Å². The number of carbonyl (C=O) groups is 2. The first-order chi connectivity index (χ1) is 10.6. The second-order valence-corrected chi connectivity index (χ2v) is 5.55. The summed E-state index contributed by atoms with van der Waals surface area (Å²) < 4.78 is 0. The number of carbonyl (C=O) groups excluding carboxylic acids is 2. The van der Waals surface area contributed by atoms with Crippen LogP contribution in [-0.2, 0) is 4.79 Å². The first-order valence-corrected chi connectivity index (χ1v) is 7.26. The van der Waals surface area contributed by atoms with Crippen LogP contribution in [0.5, 0.6) is 0 Å². The third kappa shape index (κ3) is 2.55. The number of anilines is 1. The van der Waals surface area contributed by atoms with Gasteiger partial charge in [-0.25, -0.2) is 0 Å². The average molecular weight is 301 g/mol. The van der Waals surface area contributed by atoms with Crippen LogP contribution < -0.4 is 5.43 Å². The Morgan fingerprint density at radius 3 is 2.55 bits per heavy atom. The number of nitrogens with one attached hydrogen (secondary N) is 1. The van der Waals surface area contributed by atoms with E-state index >= 15 is 0 Å². The van der Waals surface area contributed by atoms with Crippen molar-refractivity contribution in [2.75, 3.05) is 45.7 Å². The lowest BCUT2D eigenvalue weighted by Crippen LogP contribution is -2.52. The van der Waals surface area contributed by atoms with E-state index in [2.05, 4.69) is 15.4 Å². The second kappa shape index (κ2) is 5.76. The number of hydrogen-bond acceptors (Lipinski definition) is 5. The van der Waals surface area contributed by atoms with Gasteiger partial charge in [-0.1, -0.05) is 12.1 Å². The van der Waals surface area contributed by atoms with E-state index in [9.17, 15) is 9.59 Å². The lowest BCUT2D eigenvalue weighted by atomic mass is 10.1. The molecule has 0 saturated carbocycles. The summed E-state index contributed by atoms with van der Waals surface area (Å²) >= 11 is 0. The Kier molecular flexibility index (Phi) is 3.81. The number of para-hydroxylation sites is 1. The lowest BCUT2D eigenvalue weighted by molar-refractivity contribution is -0.126. The average Bonchev–Trinajstić information content (AvgIpc) is 2.66. The van der Waals surface area contributed by atoms with Crippen molar-refractivity contribution in [3.63, 3.8) is 0 Å². The molecular weight excluding hydrogens is 282 g/mol. The number of amidine groups is 1. The van der Waals surface area contributed by atoms with Crippen LogP contribution in [0.1, 0.15) is 10.4 Å². The molecule has 1 saturated heterocycles. The zero-order valence-electron chi connectivity index (χ0n) is 12.7. The fourth-order valence-corrected chi connectivity index (χ4v) is 2.57. The van der Waals surface area contributed by atoms with Crippen LogP contribution in [0, 0.1) is 0 Å². The van der Waals surface area contributed by atoms with E-state index in [1.165, 1.54) is 4.90 Å². The molecule has 2 aliphatic rings.